The summed E-state index contributed by atoms with van der Waals surface area (Å²) in [7, 11) is -1.64. The van der Waals surface area contributed by atoms with Crippen LogP contribution < -0.4 is 15.9 Å². The number of hydrogen-bond acceptors (Lipinski definition) is 2. The molecule has 0 unspecified atom stereocenters. The molecule has 0 aliphatic carbocycles. The Balaban J connectivity index is 0.00000380. The quantitative estimate of drug-likeness (QED) is 0.256. The molecule has 3 aromatic rings. The smallest absolute Gasteiger partial charge is 0.416 e. The zero-order valence-corrected chi connectivity index (χ0v) is 21.6. The van der Waals surface area contributed by atoms with E-state index in [0.717, 1.165) is 12.1 Å². The maximum absolute atomic E-state index is 14.7. The lowest BCUT2D eigenvalue weighted by atomic mass is 9.88. The van der Waals surface area contributed by atoms with Crippen LogP contribution in [-0.2, 0) is 10.9 Å². The van der Waals surface area contributed by atoms with Gasteiger partial charge in [-0.25, -0.2) is 13.8 Å². The van der Waals surface area contributed by atoms with E-state index in [0.29, 0.717) is 27.0 Å². The summed E-state index contributed by atoms with van der Waals surface area (Å²) in [6.07, 6.45) is -4.58. The van der Waals surface area contributed by atoms with E-state index in [-0.39, 0.29) is 37.0 Å². The van der Waals surface area contributed by atoms with Gasteiger partial charge in [0.05, 0.1) is 11.6 Å². The third-order valence-electron chi connectivity index (χ3n) is 6.27. The molecule has 1 aliphatic heterocycles. The van der Waals surface area contributed by atoms with Crippen LogP contribution >= 0.6 is 7.92 Å². The first kappa shape index (κ1) is 28.8. The highest BCUT2D eigenvalue weighted by Crippen LogP contribution is 2.39. The molecule has 8 heteroatoms. The lowest BCUT2D eigenvalue weighted by Crippen LogP contribution is -2.27. The summed E-state index contributed by atoms with van der Waals surface area (Å²) in [5.74, 6) is -0.768. The average molecular weight is 536 g/mol. The fourth-order valence-electron chi connectivity index (χ4n) is 3.91. The Bertz CT molecular complexity index is 1280. The van der Waals surface area contributed by atoms with Gasteiger partial charge >= 0.3 is 6.18 Å². The van der Waals surface area contributed by atoms with Gasteiger partial charge in [0.1, 0.15) is 18.2 Å². The minimum Gasteiger partial charge on any atom is -0.475 e. The van der Waals surface area contributed by atoms with Crippen LogP contribution in [-0.4, -0.2) is 18.5 Å². The average Bonchev–Trinajstić information content (AvgIpc) is 3.29. The highest BCUT2D eigenvalue weighted by molar-refractivity contribution is 7.80. The highest BCUT2D eigenvalue weighted by atomic mass is 31.1. The number of aryl methyl sites for hydroxylation is 2. The number of hydrogen-bond donors (Lipinski definition) is 0. The van der Waals surface area contributed by atoms with Gasteiger partial charge in [0.15, 0.2) is 0 Å². The zero-order valence-electron chi connectivity index (χ0n) is 20.7. The van der Waals surface area contributed by atoms with Crippen molar-refractivity contribution in [2.24, 2.45) is 10.4 Å². The zero-order chi connectivity index (χ0) is 26.4. The van der Waals surface area contributed by atoms with Crippen molar-refractivity contribution in [3.8, 4) is 0 Å². The largest absolute Gasteiger partial charge is 0.475 e. The summed E-state index contributed by atoms with van der Waals surface area (Å²) >= 11 is 0. The minimum absolute atomic E-state index is 0. The molecule has 0 fully saturated rings. The van der Waals surface area contributed by atoms with E-state index >= 15 is 0 Å². The molecule has 0 bridgehead atoms. The first-order chi connectivity index (χ1) is 16.8. The second-order valence-corrected chi connectivity index (χ2v) is 12.2. The Morgan fingerprint density at radius 1 is 0.838 bits per heavy atom. The van der Waals surface area contributed by atoms with E-state index in [1.807, 2.05) is 20.8 Å². The molecule has 0 saturated heterocycles. The van der Waals surface area contributed by atoms with Gasteiger partial charge in [0.25, 0.3) is 0 Å². The normalized spacial score (nSPS) is 15.9. The fraction of sp³-hybridized carbons (Fsp3) is 0.345. The predicted octanol–water partition coefficient (Wildman–Crippen LogP) is 7.19. The van der Waals surface area contributed by atoms with Crippen molar-refractivity contribution in [3.63, 3.8) is 0 Å². The molecule has 3 aromatic carbocycles. The van der Waals surface area contributed by atoms with Crippen molar-refractivity contribution < 1.29 is 26.7 Å². The summed E-state index contributed by atoms with van der Waals surface area (Å²) < 4.78 is 76.3. The molecular weight excluding hydrogens is 504 g/mol. The molecule has 1 atom stereocenters. The molecule has 0 radical (unpaired) electrons. The highest BCUT2D eigenvalue weighted by Gasteiger charge is 2.36. The second kappa shape index (κ2) is 10.5. The van der Waals surface area contributed by atoms with Gasteiger partial charge in [0, 0.05) is 5.56 Å². The van der Waals surface area contributed by atoms with Crippen LogP contribution in [0.3, 0.4) is 0 Å². The van der Waals surface area contributed by atoms with Crippen LogP contribution in [0.25, 0.3) is 0 Å². The number of benzene rings is 3. The van der Waals surface area contributed by atoms with Gasteiger partial charge in [-0.2, -0.15) is 13.2 Å². The van der Waals surface area contributed by atoms with Gasteiger partial charge in [-0.3, -0.25) is 0 Å². The fourth-order valence-corrected chi connectivity index (χ4v) is 6.32. The molecule has 37 heavy (non-hydrogen) atoms. The van der Waals surface area contributed by atoms with Gasteiger partial charge < -0.3 is 4.74 Å². The molecule has 198 valence electrons. The first-order valence-corrected chi connectivity index (χ1v) is 12.8. The Morgan fingerprint density at radius 2 is 1.38 bits per heavy atom. The molecule has 2 nitrogen and oxygen atoms in total. The van der Waals surface area contributed by atoms with Gasteiger partial charge in [-0.05, 0) is 78.5 Å². The number of nitrogens with zero attached hydrogens (tertiary/aromatic N) is 1. The number of aliphatic imine (C=N–C) groups is 1. The molecule has 1 aliphatic rings. The molecule has 0 N–H and O–H groups in total. The van der Waals surface area contributed by atoms with Crippen LogP contribution in [0.15, 0.2) is 59.6 Å². The number of alkyl halides is 3. The summed E-state index contributed by atoms with van der Waals surface area (Å²) in [5.41, 5.74) is -0.0357. The van der Waals surface area contributed by atoms with E-state index < -0.39 is 31.3 Å². The molecule has 0 spiro atoms. The van der Waals surface area contributed by atoms with Crippen LogP contribution in [0.1, 0.15) is 50.5 Å². The molecule has 0 saturated carbocycles. The minimum atomic E-state index is -4.58. The lowest BCUT2D eigenvalue weighted by molar-refractivity contribution is -0.137. The van der Waals surface area contributed by atoms with Crippen LogP contribution in [0, 0.1) is 30.9 Å². The molecule has 4 rings (SSSR count). The van der Waals surface area contributed by atoms with E-state index in [1.165, 1.54) is 18.2 Å². The number of ether oxygens (including phenoxy) is 1. The van der Waals surface area contributed by atoms with Crippen molar-refractivity contribution in [2.75, 3.05) is 6.61 Å². The Hall–Kier alpha value is -2.79. The molecule has 0 amide bonds. The summed E-state index contributed by atoms with van der Waals surface area (Å²) in [6, 6.07) is 12.6. The van der Waals surface area contributed by atoms with E-state index in [9.17, 15) is 22.0 Å². The van der Waals surface area contributed by atoms with E-state index in [4.69, 9.17) is 4.74 Å². The Kier molecular flexibility index (Phi) is 8.19. The van der Waals surface area contributed by atoms with Crippen molar-refractivity contribution in [1.82, 2.24) is 0 Å². The first-order valence-electron chi connectivity index (χ1n) is 11.5. The number of rotatable bonds is 4. The van der Waals surface area contributed by atoms with Gasteiger partial charge in [-0.1, -0.05) is 58.5 Å². The maximum Gasteiger partial charge on any atom is 0.416 e. The third-order valence-corrected chi connectivity index (χ3v) is 8.73. The van der Waals surface area contributed by atoms with Crippen LogP contribution in [0.4, 0.5) is 22.0 Å². The number of halogens is 5. The topological polar surface area (TPSA) is 21.6 Å². The maximum atomic E-state index is 14.7. The Morgan fingerprint density at radius 3 is 1.81 bits per heavy atom. The monoisotopic (exact) mass is 535 g/mol. The molecule has 1 heterocycles. The summed E-state index contributed by atoms with van der Waals surface area (Å²) in [6.45, 7) is 9.45. The Labute approximate surface area is 216 Å². The van der Waals surface area contributed by atoms with Crippen LogP contribution in [0.5, 0.6) is 0 Å². The van der Waals surface area contributed by atoms with E-state index in [1.54, 1.807) is 38.1 Å². The SMILES string of the molecule is C.Cc1ccc(P(c2ccc(C)c(F)c2)c2ccc(C(F)(F)F)cc2C2=N[C@@H](C(C)(C)C)CO2)cc1F. The predicted molar refractivity (Wildman–Crippen MR) is 142 cm³/mol. The standard InChI is InChI=1S/C28H27F5NOP.CH4/c1-16-6-9-19(13-22(16)29)36(20-10-7-17(2)23(30)14-20)24-11-8-18(28(31,32)33)12-21(24)26-34-25(15-35-26)27(3,4)5;/h6-14,25H,15H2,1-5H3;1H4/t25-;/m1./s1. The van der Waals surface area contributed by atoms with Crippen LogP contribution in [0.2, 0.25) is 0 Å². The van der Waals surface area contributed by atoms with E-state index in [2.05, 4.69) is 4.99 Å². The summed E-state index contributed by atoms with van der Waals surface area (Å²) in [5, 5.41) is 1.57. The van der Waals surface area contributed by atoms with Crippen molar-refractivity contribution >= 4 is 29.7 Å². The second-order valence-electron chi connectivity index (χ2n) is 10.1. The summed E-state index contributed by atoms with van der Waals surface area (Å²) in [4.78, 5) is 4.64. The van der Waals surface area contributed by atoms with Gasteiger partial charge in [0.2, 0.25) is 5.90 Å². The van der Waals surface area contributed by atoms with Crippen molar-refractivity contribution in [3.05, 3.63) is 88.5 Å². The molecular formula is C29H31F5NOP. The lowest BCUT2D eigenvalue weighted by Gasteiger charge is -2.24. The van der Waals surface area contributed by atoms with Crippen molar-refractivity contribution in [1.29, 1.82) is 0 Å². The van der Waals surface area contributed by atoms with Crippen molar-refractivity contribution in [2.45, 2.75) is 54.3 Å². The molecule has 0 aromatic heterocycles. The third kappa shape index (κ3) is 6.04. The van der Waals surface area contributed by atoms with Gasteiger partial charge in [-0.15, -0.1) is 0 Å².